The molecule has 0 aliphatic carbocycles. The number of para-hydroxylation sites is 2. The van der Waals surface area contributed by atoms with Gasteiger partial charge in [-0.05, 0) is 29.8 Å². The smallest absolute Gasteiger partial charge is 0.100 e. The monoisotopic (exact) mass is 348 g/mol. The molecule has 0 saturated heterocycles. The molecule has 0 aliphatic heterocycles. The Kier molecular flexibility index (Phi) is 3.28. The van der Waals surface area contributed by atoms with Crippen LogP contribution in [0.15, 0.2) is 83.6 Å². The first-order valence-corrected chi connectivity index (χ1v) is 7.90. The summed E-state index contributed by atoms with van der Waals surface area (Å²) in [5.74, 6) is 0. The first-order chi connectivity index (χ1) is 10.8. The number of hydrogen-bond donors (Lipinski definition) is 0. The van der Waals surface area contributed by atoms with Gasteiger partial charge in [0.05, 0.1) is 11.0 Å². The van der Waals surface area contributed by atoms with Crippen LogP contribution in [0, 0.1) is 0 Å². The van der Waals surface area contributed by atoms with E-state index in [0.29, 0.717) is 0 Å². The maximum Gasteiger partial charge on any atom is 0.100 e. The summed E-state index contributed by atoms with van der Waals surface area (Å²) < 4.78 is 3.20. The molecule has 0 N–H and O–H groups in total. The Hall–Kier alpha value is -2.39. The molecule has 0 radical (unpaired) electrons. The highest BCUT2D eigenvalue weighted by Gasteiger charge is 2.11. The first kappa shape index (κ1) is 13.3. The van der Waals surface area contributed by atoms with Crippen molar-refractivity contribution < 1.29 is 0 Å². The third kappa shape index (κ3) is 2.14. The molecule has 1 aromatic heterocycles. The number of nitrogens with zero attached hydrogens (tertiary/aromatic N) is 2. The fraction of sp³-hybridized carbons (Fsp3) is 0. The molecule has 3 heteroatoms. The molecular formula is C19H13BrN2. The lowest BCUT2D eigenvalue weighted by Gasteiger charge is -2.07. The summed E-state index contributed by atoms with van der Waals surface area (Å²) in [6, 6.07) is 24.8. The SMILES string of the molecule is Brc1ccccc1-c1cccc2c1ncn2-c1ccccc1. The lowest BCUT2D eigenvalue weighted by atomic mass is 10.0. The van der Waals surface area contributed by atoms with Crippen LogP contribution in [0.4, 0.5) is 0 Å². The van der Waals surface area contributed by atoms with Crippen LogP contribution in [0.5, 0.6) is 0 Å². The van der Waals surface area contributed by atoms with Gasteiger partial charge >= 0.3 is 0 Å². The summed E-state index contributed by atoms with van der Waals surface area (Å²) in [4.78, 5) is 4.65. The normalized spacial score (nSPS) is 11.0. The number of rotatable bonds is 2. The van der Waals surface area contributed by atoms with Crippen LogP contribution in [-0.4, -0.2) is 9.55 Å². The quantitative estimate of drug-likeness (QED) is 0.470. The van der Waals surface area contributed by atoms with Gasteiger partial charge in [-0.2, -0.15) is 0 Å². The van der Waals surface area contributed by atoms with E-state index in [2.05, 4.69) is 67.9 Å². The van der Waals surface area contributed by atoms with Crippen molar-refractivity contribution in [1.29, 1.82) is 0 Å². The van der Waals surface area contributed by atoms with Gasteiger partial charge in [0, 0.05) is 15.7 Å². The van der Waals surface area contributed by atoms with Crippen LogP contribution in [0.1, 0.15) is 0 Å². The Balaban J connectivity index is 1.97. The van der Waals surface area contributed by atoms with Crippen molar-refractivity contribution in [3.05, 3.63) is 83.6 Å². The van der Waals surface area contributed by atoms with Crippen molar-refractivity contribution in [2.24, 2.45) is 0 Å². The van der Waals surface area contributed by atoms with Crippen molar-refractivity contribution >= 4 is 27.0 Å². The highest BCUT2D eigenvalue weighted by molar-refractivity contribution is 9.10. The molecule has 0 aliphatic rings. The molecule has 4 rings (SSSR count). The van der Waals surface area contributed by atoms with Gasteiger partial charge in [-0.3, -0.25) is 4.57 Å². The molecule has 0 saturated carbocycles. The van der Waals surface area contributed by atoms with Crippen molar-refractivity contribution in [3.63, 3.8) is 0 Å². The van der Waals surface area contributed by atoms with Crippen LogP contribution in [0.25, 0.3) is 27.8 Å². The summed E-state index contributed by atoms with van der Waals surface area (Å²) in [7, 11) is 0. The van der Waals surface area contributed by atoms with Gasteiger partial charge in [0.1, 0.15) is 6.33 Å². The lowest BCUT2D eigenvalue weighted by Crippen LogP contribution is -1.91. The van der Waals surface area contributed by atoms with Crippen molar-refractivity contribution in [3.8, 4) is 16.8 Å². The summed E-state index contributed by atoms with van der Waals surface area (Å²) in [6.07, 6.45) is 1.89. The number of aromatic nitrogens is 2. The molecular weight excluding hydrogens is 336 g/mol. The molecule has 106 valence electrons. The molecule has 0 fully saturated rings. The molecule has 0 amide bonds. The van der Waals surface area contributed by atoms with Crippen molar-refractivity contribution in [2.45, 2.75) is 0 Å². The standard InChI is InChI=1S/C19H13BrN2/c20-17-11-5-4-9-15(17)16-10-6-12-18-19(16)21-13-22(18)14-7-2-1-3-8-14/h1-13H. The highest BCUT2D eigenvalue weighted by Crippen LogP contribution is 2.33. The Morgan fingerprint density at radius 2 is 1.45 bits per heavy atom. The Labute approximate surface area is 137 Å². The number of benzene rings is 3. The second kappa shape index (κ2) is 5.43. The third-order valence-electron chi connectivity index (χ3n) is 3.77. The third-order valence-corrected chi connectivity index (χ3v) is 4.47. The lowest BCUT2D eigenvalue weighted by molar-refractivity contribution is 1.09. The van der Waals surface area contributed by atoms with Gasteiger partial charge < -0.3 is 0 Å². The molecule has 2 nitrogen and oxygen atoms in total. The summed E-state index contributed by atoms with van der Waals surface area (Å²) in [6.45, 7) is 0. The van der Waals surface area contributed by atoms with E-state index in [9.17, 15) is 0 Å². The second-order valence-electron chi connectivity index (χ2n) is 5.10. The Morgan fingerprint density at radius 1 is 0.727 bits per heavy atom. The van der Waals surface area contributed by atoms with Crippen molar-refractivity contribution in [1.82, 2.24) is 9.55 Å². The van der Waals surface area contributed by atoms with Gasteiger partial charge in [-0.25, -0.2) is 4.98 Å². The molecule has 22 heavy (non-hydrogen) atoms. The van der Waals surface area contributed by atoms with E-state index in [4.69, 9.17) is 0 Å². The Bertz CT molecular complexity index is 942. The number of hydrogen-bond acceptors (Lipinski definition) is 1. The fourth-order valence-electron chi connectivity index (χ4n) is 2.73. The average Bonchev–Trinajstić information content (AvgIpc) is 3.00. The Morgan fingerprint density at radius 3 is 2.27 bits per heavy atom. The minimum absolute atomic E-state index is 1.01. The number of halogens is 1. The van der Waals surface area contributed by atoms with Gasteiger partial charge in [0.25, 0.3) is 0 Å². The molecule has 0 bridgehead atoms. The van der Waals surface area contributed by atoms with E-state index in [1.165, 1.54) is 0 Å². The van der Waals surface area contributed by atoms with E-state index >= 15 is 0 Å². The zero-order chi connectivity index (χ0) is 14.9. The maximum absolute atomic E-state index is 4.65. The largest absolute Gasteiger partial charge is 0.299 e. The maximum atomic E-state index is 4.65. The zero-order valence-corrected chi connectivity index (χ0v) is 13.4. The molecule has 0 unspecified atom stereocenters. The van der Waals surface area contributed by atoms with Gasteiger partial charge in [-0.15, -0.1) is 0 Å². The van der Waals surface area contributed by atoms with E-state index in [-0.39, 0.29) is 0 Å². The van der Waals surface area contributed by atoms with E-state index in [0.717, 1.165) is 32.3 Å². The summed E-state index contributed by atoms with van der Waals surface area (Å²) in [5.41, 5.74) is 5.54. The minimum Gasteiger partial charge on any atom is -0.299 e. The molecule has 0 spiro atoms. The van der Waals surface area contributed by atoms with Crippen LogP contribution >= 0.6 is 15.9 Å². The summed E-state index contributed by atoms with van der Waals surface area (Å²) >= 11 is 3.64. The second-order valence-corrected chi connectivity index (χ2v) is 5.96. The number of imidazole rings is 1. The average molecular weight is 349 g/mol. The fourth-order valence-corrected chi connectivity index (χ4v) is 3.23. The van der Waals surface area contributed by atoms with Crippen LogP contribution < -0.4 is 0 Å². The topological polar surface area (TPSA) is 17.8 Å². The van der Waals surface area contributed by atoms with E-state index < -0.39 is 0 Å². The van der Waals surface area contributed by atoms with Gasteiger partial charge in [0.2, 0.25) is 0 Å². The van der Waals surface area contributed by atoms with Gasteiger partial charge in [0.15, 0.2) is 0 Å². The van der Waals surface area contributed by atoms with Crippen LogP contribution in [0.2, 0.25) is 0 Å². The van der Waals surface area contributed by atoms with Gasteiger partial charge in [-0.1, -0.05) is 64.5 Å². The van der Waals surface area contributed by atoms with Crippen LogP contribution in [-0.2, 0) is 0 Å². The van der Waals surface area contributed by atoms with E-state index in [1.807, 2.05) is 36.7 Å². The highest BCUT2D eigenvalue weighted by atomic mass is 79.9. The zero-order valence-electron chi connectivity index (χ0n) is 11.8. The summed E-state index contributed by atoms with van der Waals surface area (Å²) in [5, 5.41) is 0. The van der Waals surface area contributed by atoms with Crippen molar-refractivity contribution in [2.75, 3.05) is 0 Å². The molecule has 3 aromatic carbocycles. The predicted octanol–water partition coefficient (Wildman–Crippen LogP) is 5.46. The minimum atomic E-state index is 1.01. The molecule has 4 aromatic rings. The predicted molar refractivity (Wildman–Crippen MR) is 94.2 cm³/mol. The first-order valence-electron chi connectivity index (χ1n) is 7.11. The molecule has 1 heterocycles. The van der Waals surface area contributed by atoms with E-state index in [1.54, 1.807) is 0 Å². The number of fused-ring (bicyclic) bond motifs is 1. The molecule has 0 atom stereocenters. The van der Waals surface area contributed by atoms with Crippen LogP contribution in [0.3, 0.4) is 0 Å².